The maximum Gasteiger partial charge on any atom is 0.204 e. The molecular formula is C10H9N5O. The van der Waals surface area contributed by atoms with Gasteiger partial charge in [-0.25, -0.2) is 0 Å². The predicted octanol–water partition coefficient (Wildman–Crippen LogP) is 0.843. The summed E-state index contributed by atoms with van der Waals surface area (Å²) in [6.45, 7) is 0.373. The lowest BCUT2D eigenvalue weighted by molar-refractivity contribution is 0.521. The third-order valence-electron chi connectivity index (χ3n) is 2.30. The fourth-order valence-corrected chi connectivity index (χ4v) is 1.53. The second kappa shape index (κ2) is 3.42. The number of nitrogens with two attached hydrogens (primary N) is 1. The molecule has 0 atom stereocenters. The standard InChI is InChI=1S/C10H9N5O/c11-5-7-1-2-8(16-7)10-14-13-9-6-12-3-4-15(9)10/h1-4,6H,5,11H2. The minimum atomic E-state index is 0.373. The van der Waals surface area contributed by atoms with E-state index in [0.29, 0.717) is 23.8 Å². The van der Waals surface area contributed by atoms with Crippen molar-refractivity contribution in [3.8, 4) is 11.6 Å². The Kier molecular flexibility index (Phi) is 1.94. The molecular weight excluding hydrogens is 206 g/mol. The van der Waals surface area contributed by atoms with Crippen LogP contribution in [0.15, 0.2) is 35.1 Å². The van der Waals surface area contributed by atoms with E-state index in [1.807, 2.05) is 16.5 Å². The molecule has 0 unspecified atom stereocenters. The first kappa shape index (κ1) is 9.05. The van der Waals surface area contributed by atoms with Crippen LogP contribution in [0.4, 0.5) is 0 Å². The molecule has 80 valence electrons. The lowest BCUT2D eigenvalue weighted by Crippen LogP contribution is -1.93. The molecule has 2 N–H and O–H groups in total. The van der Waals surface area contributed by atoms with Crippen LogP contribution in [0.1, 0.15) is 5.76 Å². The molecule has 0 bridgehead atoms. The van der Waals surface area contributed by atoms with E-state index in [2.05, 4.69) is 15.2 Å². The highest BCUT2D eigenvalue weighted by molar-refractivity contribution is 5.53. The van der Waals surface area contributed by atoms with Crippen molar-refractivity contribution in [2.75, 3.05) is 0 Å². The lowest BCUT2D eigenvalue weighted by atomic mass is 10.4. The summed E-state index contributed by atoms with van der Waals surface area (Å²) < 4.78 is 7.33. The molecule has 0 aliphatic carbocycles. The summed E-state index contributed by atoms with van der Waals surface area (Å²) in [5.74, 6) is 2.03. The Labute approximate surface area is 90.7 Å². The Balaban J connectivity index is 2.18. The fraction of sp³-hybridized carbons (Fsp3) is 0.100. The largest absolute Gasteiger partial charge is 0.456 e. The average molecular weight is 215 g/mol. The Morgan fingerprint density at radius 3 is 3.06 bits per heavy atom. The summed E-state index contributed by atoms with van der Waals surface area (Å²) in [4.78, 5) is 3.97. The van der Waals surface area contributed by atoms with Crippen LogP contribution in [0.5, 0.6) is 0 Å². The molecule has 0 spiro atoms. The number of rotatable bonds is 2. The monoisotopic (exact) mass is 215 g/mol. The molecule has 16 heavy (non-hydrogen) atoms. The van der Waals surface area contributed by atoms with Crippen molar-refractivity contribution in [1.82, 2.24) is 19.6 Å². The second-order valence-corrected chi connectivity index (χ2v) is 3.30. The number of aromatic nitrogens is 4. The molecule has 3 heterocycles. The van der Waals surface area contributed by atoms with Crippen LogP contribution in [0, 0.1) is 0 Å². The molecule has 0 radical (unpaired) electrons. The smallest absolute Gasteiger partial charge is 0.204 e. The SMILES string of the molecule is NCc1ccc(-c2nnc3cnccn23)o1. The highest BCUT2D eigenvalue weighted by Gasteiger charge is 2.11. The molecule has 0 fully saturated rings. The van der Waals surface area contributed by atoms with Crippen molar-refractivity contribution in [2.45, 2.75) is 6.54 Å². The summed E-state index contributed by atoms with van der Waals surface area (Å²) in [6.07, 6.45) is 5.10. The first-order valence-corrected chi connectivity index (χ1v) is 4.82. The van der Waals surface area contributed by atoms with Crippen LogP contribution < -0.4 is 5.73 Å². The van der Waals surface area contributed by atoms with E-state index in [1.54, 1.807) is 18.6 Å². The van der Waals surface area contributed by atoms with Gasteiger partial charge in [-0.3, -0.25) is 9.38 Å². The van der Waals surface area contributed by atoms with Crippen molar-refractivity contribution in [1.29, 1.82) is 0 Å². The summed E-state index contributed by atoms with van der Waals surface area (Å²) in [6, 6.07) is 3.66. The molecule has 6 heteroatoms. The van der Waals surface area contributed by atoms with Crippen molar-refractivity contribution in [3.63, 3.8) is 0 Å². The van der Waals surface area contributed by atoms with Crippen LogP contribution in [0.2, 0.25) is 0 Å². The Hall–Kier alpha value is -2.21. The zero-order valence-corrected chi connectivity index (χ0v) is 8.37. The van der Waals surface area contributed by atoms with Crippen LogP contribution in [0.3, 0.4) is 0 Å². The number of hydrogen-bond acceptors (Lipinski definition) is 5. The zero-order valence-electron chi connectivity index (χ0n) is 8.37. The second-order valence-electron chi connectivity index (χ2n) is 3.30. The average Bonchev–Trinajstić information content (AvgIpc) is 2.94. The molecule has 0 aliphatic heterocycles. The molecule has 3 aromatic rings. The maximum absolute atomic E-state index is 5.52. The molecule has 0 saturated heterocycles. The molecule has 3 aromatic heterocycles. The van der Waals surface area contributed by atoms with E-state index < -0.39 is 0 Å². The summed E-state index contributed by atoms with van der Waals surface area (Å²) in [5, 5.41) is 8.04. The zero-order chi connectivity index (χ0) is 11.0. The fourth-order valence-electron chi connectivity index (χ4n) is 1.53. The van der Waals surface area contributed by atoms with E-state index >= 15 is 0 Å². The molecule has 0 aliphatic rings. The van der Waals surface area contributed by atoms with Crippen molar-refractivity contribution in [3.05, 3.63) is 36.5 Å². The minimum Gasteiger partial charge on any atom is -0.456 e. The van der Waals surface area contributed by atoms with E-state index in [1.165, 1.54) is 0 Å². The molecule has 0 amide bonds. The molecule has 6 nitrogen and oxygen atoms in total. The van der Waals surface area contributed by atoms with Gasteiger partial charge in [0, 0.05) is 12.4 Å². The van der Waals surface area contributed by atoms with Gasteiger partial charge in [0.15, 0.2) is 11.4 Å². The highest BCUT2D eigenvalue weighted by atomic mass is 16.3. The lowest BCUT2D eigenvalue weighted by Gasteiger charge is -1.94. The van der Waals surface area contributed by atoms with Crippen molar-refractivity contribution < 1.29 is 4.42 Å². The topological polar surface area (TPSA) is 82.2 Å². The molecule has 0 aromatic carbocycles. The third kappa shape index (κ3) is 1.28. The van der Waals surface area contributed by atoms with Crippen LogP contribution in [-0.2, 0) is 6.54 Å². The Morgan fingerprint density at radius 2 is 2.25 bits per heavy atom. The van der Waals surface area contributed by atoms with Crippen LogP contribution in [-0.4, -0.2) is 19.6 Å². The Morgan fingerprint density at radius 1 is 1.31 bits per heavy atom. The van der Waals surface area contributed by atoms with Crippen molar-refractivity contribution in [2.24, 2.45) is 5.73 Å². The minimum absolute atomic E-state index is 0.373. The number of hydrogen-bond donors (Lipinski definition) is 1. The predicted molar refractivity (Wildman–Crippen MR) is 56.4 cm³/mol. The summed E-state index contributed by atoms with van der Waals surface area (Å²) in [5.41, 5.74) is 6.17. The molecule has 0 saturated carbocycles. The summed E-state index contributed by atoms with van der Waals surface area (Å²) in [7, 11) is 0. The first-order chi connectivity index (χ1) is 7.88. The van der Waals surface area contributed by atoms with Crippen LogP contribution in [0.25, 0.3) is 17.2 Å². The van der Waals surface area contributed by atoms with Gasteiger partial charge < -0.3 is 10.2 Å². The van der Waals surface area contributed by atoms with Crippen molar-refractivity contribution >= 4 is 5.65 Å². The Bertz CT molecular complexity index is 627. The van der Waals surface area contributed by atoms with E-state index in [4.69, 9.17) is 10.2 Å². The van der Waals surface area contributed by atoms with Gasteiger partial charge in [-0.05, 0) is 12.1 Å². The van der Waals surface area contributed by atoms with Gasteiger partial charge in [0.1, 0.15) is 5.76 Å². The van der Waals surface area contributed by atoms with E-state index in [9.17, 15) is 0 Å². The first-order valence-electron chi connectivity index (χ1n) is 4.82. The number of fused-ring (bicyclic) bond motifs is 1. The number of furan rings is 1. The van der Waals surface area contributed by atoms with Crippen LogP contribution >= 0.6 is 0 Å². The van der Waals surface area contributed by atoms with Gasteiger partial charge >= 0.3 is 0 Å². The summed E-state index contributed by atoms with van der Waals surface area (Å²) >= 11 is 0. The normalized spacial score (nSPS) is 11.1. The highest BCUT2D eigenvalue weighted by Crippen LogP contribution is 2.20. The quantitative estimate of drug-likeness (QED) is 0.685. The van der Waals surface area contributed by atoms with Gasteiger partial charge in [0.25, 0.3) is 0 Å². The van der Waals surface area contributed by atoms with E-state index in [-0.39, 0.29) is 0 Å². The maximum atomic E-state index is 5.52. The third-order valence-corrected chi connectivity index (χ3v) is 2.30. The number of nitrogens with zero attached hydrogens (tertiary/aromatic N) is 4. The van der Waals surface area contributed by atoms with Gasteiger partial charge in [-0.15, -0.1) is 10.2 Å². The van der Waals surface area contributed by atoms with Gasteiger partial charge in [0.05, 0.1) is 12.7 Å². The van der Waals surface area contributed by atoms with Gasteiger partial charge in [0.2, 0.25) is 5.82 Å². The molecule has 3 rings (SSSR count). The van der Waals surface area contributed by atoms with Gasteiger partial charge in [-0.2, -0.15) is 0 Å². The van der Waals surface area contributed by atoms with Gasteiger partial charge in [-0.1, -0.05) is 0 Å². The van der Waals surface area contributed by atoms with E-state index in [0.717, 1.165) is 5.76 Å².